The summed E-state index contributed by atoms with van der Waals surface area (Å²) in [7, 11) is 0. The average molecular weight is 376 g/mol. The molecule has 0 amide bonds. The highest BCUT2D eigenvalue weighted by molar-refractivity contribution is 5.85. The molecular formula is C21H20ClF2NO. The van der Waals surface area contributed by atoms with Crippen LogP contribution >= 0.6 is 12.4 Å². The number of nitrogens with one attached hydrogen (secondary N) is 1. The van der Waals surface area contributed by atoms with Gasteiger partial charge in [-0.15, -0.1) is 12.4 Å². The van der Waals surface area contributed by atoms with Gasteiger partial charge in [0, 0.05) is 13.1 Å². The molecule has 3 aromatic rings. The van der Waals surface area contributed by atoms with Crippen molar-refractivity contribution in [3.8, 4) is 5.75 Å². The van der Waals surface area contributed by atoms with Crippen LogP contribution in [0.1, 0.15) is 16.7 Å². The SMILES string of the molecule is Cl.Fc1ccc(CNCc2cccc(OCc3ccc(F)cc3)c2)cc1. The molecule has 3 aromatic carbocycles. The molecule has 0 spiro atoms. The number of hydrogen-bond donors (Lipinski definition) is 1. The van der Waals surface area contributed by atoms with Crippen LogP contribution in [0.4, 0.5) is 8.78 Å². The molecule has 0 aromatic heterocycles. The van der Waals surface area contributed by atoms with Gasteiger partial charge in [0.05, 0.1) is 0 Å². The summed E-state index contributed by atoms with van der Waals surface area (Å²) in [5.41, 5.74) is 3.05. The van der Waals surface area contributed by atoms with E-state index in [4.69, 9.17) is 4.74 Å². The predicted octanol–water partition coefficient (Wildman–Crippen LogP) is 5.26. The highest BCUT2D eigenvalue weighted by Gasteiger charge is 2.00. The molecule has 0 aliphatic carbocycles. The number of ether oxygens (including phenoxy) is 1. The van der Waals surface area contributed by atoms with E-state index in [1.165, 1.54) is 24.3 Å². The van der Waals surface area contributed by atoms with Crippen LogP contribution in [0.2, 0.25) is 0 Å². The van der Waals surface area contributed by atoms with Crippen molar-refractivity contribution in [2.75, 3.05) is 0 Å². The van der Waals surface area contributed by atoms with Crippen LogP contribution in [-0.2, 0) is 19.7 Å². The Morgan fingerprint density at radius 1 is 0.692 bits per heavy atom. The molecule has 0 fully saturated rings. The number of benzene rings is 3. The molecule has 0 bridgehead atoms. The Balaban J connectivity index is 0.00000243. The molecule has 0 aliphatic rings. The van der Waals surface area contributed by atoms with E-state index in [2.05, 4.69) is 5.32 Å². The molecular weight excluding hydrogens is 356 g/mol. The van der Waals surface area contributed by atoms with Gasteiger partial charge in [0.25, 0.3) is 0 Å². The number of rotatable bonds is 7. The van der Waals surface area contributed by atoms with Crippen molar-refractivity contribution < 1.29 is 13.5 Å². The van der Waals surface area contributed by atoms with E-state index in [-0.39, 0.29) is 24.0 Å². The summed E-state index contributed by atoms with van der Waals surface area (Å²) in [5, 5.41) is 3.33. The molecule has 0 aliphatic heterocycles. The van der Waals surface area contributed by atoms with Crippen LogP contribution in [0, 0.1) is 11.6 Å². The normalized spacial score (nSPS) is 10.2. The second-order valence-electron chi connectivity index (χ2n) is 5.79. The lowest BCUT2D eigenvalue weighted by Crippen LogP contribution is -2.12. The molecule has 5 heteroatoms. The Bertz CT molecular complexity index is 807. The third-order valence-corrected chi connectivity index (χ3v) is 3.79. The molecule has 0 atom stereocenters. The molecule has 1 N–H and O–H groups in total. The highest BCUT2D eigenvalue weighted by atomic mass is 35.5. The molecule has 0 saturated carbocycles. The van der Waals surface area contributed by atoms with E-state index >= 15 is 0 Å². The highest BCUT2D eigenvalue weighted by Crippen LogP contribution is 2.15. The molecule has 0 unspecified atom stereocenters. The zero-order valence-corrected chi connectivity index (χ0v) is 14.9. The molecule has 3 rings (SSSR count). The summed E-state index contributed by atoms with van der Waals surface area (Å²) in [5.74, 6) is 0.290. The van der Waals surface area contributed by atoms with Gasteiger partial charge in [0.2, 0.25) is 0 Å². The Hall–Kier alpha value is -2.43. The van der Waals surface area contributed by atoms with Crippen molar-refractivity contribution in [1.29, 1.82) is 0 Å². The van der Waals surface area contributed by atoms with Gasteiger partial charge in [-0.2, -0.15) is 0 Å². The lowest BCUT2D eigenvalue weighted by atomic mass is 10.2. The van der Waals surface area contributed by atoms with Crippen molar-refractivity contribution in [1.82, 2.24) is 5.32 Å². The van der Waals surface area contributed by atoms with Gasteiger partial charge in [-0.3, -0.25) is 0 Å². The van der Waals surface area contributed by atoms with E-state index in [0.29, 0.717) is 19.7 Å². The van der Waals surface area contributed by atoms with E-state index in [1.807, 2.05) is 24.3 Å². The van der Waals surface area contributed by atoms with Crippen molar-refractivity contribution >= 4 is 12.4 Å². The smallest absolute Gasteiger partial charge is 0.123 e. The lowest BCUT2D eigenvalue weighted by Gasteiger charge is -2.09. The fourth-order valence-corrected chi connectivity index (χ4v) is 2.45. The zero-order chi connectivity index (χ0) is 17.5. The number of halogens is 3. The van der Waals surface area contributed by atoms with Crippen LogP contribution < -0.4 is 10.1 Å². The van der Waals surface area contributed by atoms with Crippen LogP contribution in [0.25, 0.3) is 0 Å². The van der Waals surface area contributed by atoms with E-state index < -0.39 is 0 Å². The Morgan fingerprint density at radius 2 is 1.27 bits per heavy atom. The first kappa shape index (κ1) is 19.9. The largest absolute Gasteiger partial charge is 0.489 e. The summed E-state index contributed by atoms with van der Waals surface area (Å²) in [6, 6.07) is 20.6. The molecule has 136 valence electrons. The Kier molecular flexibility index (Phi) is 7.57. The summed E-state index contributed by atoms with van der Waals surface area (Å²) >= 11 is 0. The quantitative estimate of drug-likeness (QED) is 0.608. The third kappa shape index (κ3) is 6.14. The first-order valence-electron chi connectivity index (χ1n) is 8.10. The summed E-state index contributed by atoms with van der Waals surface area (Å²) in [6.07, 6.45) is 0. The van der Waals surface area contributed by atoms with Crippen LogP contribution in [0.15, 0.2) is 72.8 Å². The van der Waals surface area contributed by atoms with Gasteiger partial charge in [-0.1, -0.05) is 36.4 Å². The van der Waals surface area contributed by atoms with Gasteiger partial charge in [-0.25, -0.2) is 8.78 Å². The van der Waals surface area contributed by atoms with Crippen molar-refractivity contribution in [3.63, 3.8) is 0 Å². The van der Waals surface area contributed by atoms with Crippen LogP contribution in [0.3, 0.4) is 0 Å². The van der Waals surface area contributed by atoms with E-state index in [1.54, 1.807) is 24.3 Å². The number of hydrogen-bond acceptors (Lipinski definition) is 2. The molecule has 2 nitrogen and oxygen atoms in total. The summed E-state index contributed by atoms with van der Waals surface area (Å²) in [6.45, 7) is 1.75. The summed E-state index contributed by atoms with van der Waals surface area (Å²) in [4.78, 5) is 0. The first-order valence-corrected chi connectivity index (χ1v) is 8.10. The first-order chi connectivity index (χ1) is 12.2. The van der Waals surface area contributed by atoms with E-state index in [0.717, 1.165) is 22.4 Å². The summed E-state index contributed by atoms with van der Waals surface area (Å²) < 4.78 is 31.5. The topological polar surface area (TPSA) is 21.3 Å². The van der Waals surface area contributed by atoms with Crippen molar-refractivity contribution in [2.24, 2.45) is 0 Å². The van der Waals surface area contributed by atoms with E-state index in [9.17, 15) is 8.78 Å². The van der Waals surface area contributed by atoms with Crippen LogP contribution in [0.5, 0.6) is 5.75 Å². The second-order valence-corrected chi connectivity index (χ2v) is 5.79. The molecule has 0 radical (unpaired) electrons. The fraction of sp³-hybridized carbons (Fsp3) is 0.143. The maximum atomic E-state index is 12.9. The Morgan fingerprint density at radius 3 is 1.92 bits per heavy atom. The average Bonchev–Trinajstić information content (AvgIpc) is 2.63. The van der Waals surface area contributed by atoms with Gasteiger partial charge < -0.3 is 10.1 Å². The standard InChI is InChI=1S/C21H19F2NO.ClH/c22-19-8-4-16(5-9-19)13-24-14-18-2-1-3-21(12-18)25-15-17-6-10-20(23)11-7-17;/h1-12,24H,13-15H2;1H. The zero-order valence-electron chi connectivity index (χ0n) is 14.1. The molecule has 26 heavy (non-hydrogen) atoms. The monoisotopic (exact) mass is 375 g/mol. The van der Waals surface area contributed by atoms with Crippen molar-refractivity contribution in [3.05, 3.63) is 101 Å². The minimum Gasteiger partial charge on any atom is -0.489 e. The maximum Gasteiger partial charge on any atom is 0.123 e. The van der Waals surface area contributed by atoms with Gasteiger partial charge in [0.1, 0.15) is 24.0 Å². The molecule has 0 saturated heterocycles. The van der Waals surface area contributed by atoms with Crippen LogP contribution in [-0.4, -0.2) is 0 Å². The fourth-order valence-electron chi connectivity index (χ4n) is 2.45. The van der Waals surface area contributed by atoms with Gasteiger partial charge in [0.15, 0.2) is 0 Å². The van der Waals surface area contributed by atoms with Crippen molar-refractivity contribution in [2.45, 2.75) is 19.7 Å². The predicted molar refractivity (Wildman–Crippen MR) is 101 cm³/mol. The van der Waals surface area contributed by atoms with Gasteiger partial charge >= 0.3 is 0 Å². The maximum absolute atomic E-state index is 12.9. The minimum atomic E-state index is -0.252. The lowest BCUT2D eigenvalue weighted by molar-refractivity contribution is 0.305. The van der Waals surface area contributed by atoms with Gasteiger partial charge in [-0.05, 0) is 53.1 Å². The second kappa shape index (κ2) is 9.90. The third-order valence-electron chi connectivity index (χ3n) is 3.79. The minimum absolute atomic E-state index is 0. The Labute approximate surface area is 158 Å². The molecule has 0 heterocycles.